The summed E-state index contributed by atoms with van der Waals surface area (Å²) in [6.07, 6.45) is 0.434. The number of hydrogen-bond donors (Lipinski definition) is 0. The Morgan fingerprint density at radius 3 is 2.25 bits per heavy atom. The van der Waals surface area contributed by atoms with Crippen molar-refractivity contribution < 1.29 is 22.7 Å². The lowest BCUT2D eigenvalue weighted by atomic mass is 9.87. The highest BCUT2D eigenvalue weighted by atomic mass is 32.2. The van der Waals surface area contributed by atoms with Gasteiger partial charge in [0.25, 0.3) is 5.91 Å². The molecule has 1 aromatic carbocycles. The average Bonchev–Trinajstić information content (AvgIpc) is 2.96. The van der Waals surface area contributed by atoms with E-state index in [4.69, 9.17) is 4.74 Å². The molecule has 0 bridgehead atoms. The van der Waals surface area contributed by atoms with Crippen LogP contribution in [-0.4, -0.2) is 55.9 Å². The van der Waals surface area contributed by atoms with Crippen molar-refractivity contribution in [2.75, 3.05) is 24.7 Å². The number of carbonyl (C=O) groups is 2. The monoisotopic (exact) mass is 409 g/mol. The number of sulfone groups is 1. The Labute approximate surface area is 168 Å². The third-order valence-electron chi connectivity index (χ3n) is 4.84. The van der Waals surface area contributed by atoms with Crippen LogP contribution < -0.4 is 0 Å². The smallest absolute Gasteiger partial charge is 0.338 e. The SMILES string of the molecule is CC(C)CN(C(=O)COC(=O)c1ccc(C(C)(C)C)cc1)[C@H]1CCS(=O)(=O)C1. The Balaban J connectivity index is 2.00. The molecule has 0 radical (unpaired) electrons. The lowest BCUT2D eigenvalue weighted by Gasteiger charge is -2.29. The highest BCUT2D eigenvalue weighted by Gasteiger charge is 2.35. The third-order valence-corrected chi connectivity index (χ3v) is 6.60. The molecule has 1 aliphatic rings. The number of hydrogen-bond acceptors (Lipinski definition) is 5. The quantitative estimate of drug-likeness (QED) is 0.675. The summed E-state index contributed by atoms with van der Waals surface area (Å²) >= 11 is 0. The molecule has 0 aliphatic carbocycles. The first kappa shape index (κ1) is 22.4. The minimum atomic E-state index is -3.10. The molecule has 0 unspecified atom stereocenters. The fraction of sp³-hybridized carbons (Fsp3) is 0.619. The lowest BCUT2D eigenvalue weighted by molar-refractivity contribution is -0.137. The molecule has 0 aromatic heterocycles. The molecule has 7 heteroatoms. The zero-order valence-electron chi connectivity index (χ0n) is 17.4. The minimum absolute atomic E-state index is 0.0165. The molecule has 2 rings (SSSR count). The number of nitrogens with zero attached hydrogens (tertiary/aromatic N) is 1. The molecule has 28 heavy (non-hydrogen) atoms. The topological polar surface area (TPSA) is 80.8 Å². The molecule has 0 N–H and O–H groups in total. The second kappa shape index (κ2) is 8.64. The van der Waals surface area contributed by atoms with Crippen molar-refractivity contribution in [3.8, 4) is 0 Å². The maximum Gasteiger partial charge on any atom is 0.338 e. The van der Waals surface area contributed by atoms with Crippen LogP contribution in [0.4, 0.5) is 0 Å². The van der Waals surface area contributed by atoms with Gasteiger partial charge in [0.1, 0.15) is 0 Å². The van der Waals surface area contributed by atoms with Gasteiger partial charge in [-0.3, -0.25) is 4.79 Å². The van der Waals surface area contributed by atoms with Crippen LogP contribution in [0, 0.1) is 5.92 Å². The first-order valence-electron chi connectivity index (χ1n) is 9.66. The van der Waals surface area contributed by atoms with Gasteiger partial charge in [0.05, 0.1) is 17.1 Å². The third kappa shape index (κ3) is 6.06. The minimum Gasteiger partial charge on any atom is -0.452 e. The molecule has 1 heterocycles. The summed E-state index contributed by atoms with van der Waals surface area (Å²) in [4.78, 5) is 26.5. The maximum atomic E-state index is 12.7. The molecule has 6 nitrogen and oxygen atoms in total. The van der Waals surface area contributed by atoms with Gasteiger partial charge in [-0.1, -0.05) is 46.8 Å². The van der Waals surface area contributed by atoms with Crippen LogP contribution >= 0.6 is 0 Å². The number of ether oxygens (including phenoxy) is 1. The number of rotatable bonds is 6. The van der Waals surface area contributed by atoms with E-state index in [1.807, 2.05) is 26.0 Å². The van der Waals surface area contributed by atoms with Crippen LogP contribution in [0.3, 0.4) is 0 Å². The van der Waals surface area contributed by atoms with Crippen molar-refractivity contribution in [2.24, 2.45) is 5.92 Å². The zero-order valence-corrected chi connectivity index (χ0v) is 18.2. The van der Waals surface area contributed by atoms with Gasteiger partial charge in [-0.2, -0.15) is 0 Å². The van der Waals surface area contributed by atoms with Gasteiger partial charge in [0.2, 0.25) is 0 Å². The number of carbonyl (C=O) groups excluding carboxylic acids is 2. The molecular formula is C21H31NO5S. The highest BCUT2D eigenvalue weighted by molar-refractivity contribution is 7.91. The first-order valence-corrected chi connectivity index (χ1v) is 11.5. The Morgan fingerprint density at radius 2 is 1.79 bits per heavy atom. The van der Waals surface area contributed by atoms with Crippen LogP contribution in [0.2, 0.25) is 0 Å². The molecule has 1 atom stereocenters. The molecule has 1 fully saturated rings. The van der Waals surface area contributed by atoms with E-state index in [-0.39, 0.29) is 41.4 Å². The predicted octanol–water partition coefficient (Wildman–Crippen LogP) is 2.81. The normalized spacial score (nSPS) is 18.9. The largest absolute Gasteiger partial charge is 0.452 e. The van der Waals surface area contributed by atoms with Crippen LogP contribution in [0.5, 0.6) is 0 Å². The molecule has 1 aliphatic heterocycles. The van der Waals surface area contributed by atoms with Crippen molar-refractivity contribution in [3.05, 3.63) is 35.4 Å². The van der Waals surface area contributed by atoms with Crippen molar-refractivity contribution in [2.45, 2.75) is 52.5 Å². The first-order chi connectivity index (χ1) is 12.9. The van der Waals surface area contributed by atoms with Gasteiger partial charge in [0.15, 0.2) is 16.4 Å². The van der Waals surface area contributed by atoms with E-state index in [1.54, 1.807) is 17.0 Å². The van der Waals surface area contributed by atoms with E-state index in [0.717, 1.165) is 5.56 Å². The van der Waals surface area contributed by atoms with E-state index in [2.05, 4.69) is 20.8 Å². The fourth-order valence-electron chi connectivity index (χ4n) is 3.27. The average molecular weight is 410 g/mol. The second-order valence-electron chi connectivity index (χ2n) is 8.90. The van der Waals surface area contributed by atoms with Crippen LogP contribution in [0.25, 0.3) is 0 Å². The Bertz CT molecular complexity index is 806. The Hall–Kier alpha value is -1.89. The predicted molar refractivity (Wildman–Crippen MR) is 109 cm³/mol. The summed E-state index contributed by atoms with van der Waals surface area (Å²) in [7, 11) is -3.10. The standard InChI is InChI=1S/C21H31NO5S/c1-15(2)12-22(18-10-11-28(25,26)14-18)19(23)13-27-20(24)16-6-8-17(9-7-16)21(3,4)5/h6-9,15,18H,10-14H2,1-5H3/t18-/m0/s1. The van der Waals surface area contributed by atoms with E-state index < -0.39 is 15.8 Å². The van der Waals surface area contributed by atoms with Crippen molar-refractivity contribution in [1.29, 1.82) is 0 Å². The fourth-order valence-corrected chi connectivity index (χ4v) is 5.00. The molecular weight excluding hydrogens is 378 g/mol. The van der Waals surface area contributed by atoms with Crippen molar-refractivity contribution >= 4 is 21.7 Å². The molecule has 1 aromatic rings. The zero-order chi connectivity index (χ0) is 21.1. The van der Waals surface area contributed by atoms with Gasteiger partial charge in [-0.15, -0.1) is 0 Å². The van der Waals surface area contributed by atoms with Crippen LogP contribution in [0.15, 0.2) is 24.3 Å². The van der Waals surface area contributed by atoms with Crippen LogP contribution in [-0.2, 0) is 24.8 Å². The van der Waals surface area contributed by atoms with Gasteiger partial charge in [-0.25, -0.2) is 13.2 Å². The summed E-state index contributed by atoms with van der Waals surface area (Å²) in [6.45, 7) is 10.3. The van der Waals surface area contributed by atoms with E-state index in [1.165, 1.54) is 0 Å². The van der Waals surface area contributed by atoms with E-state index in [0.29, 0.717) is 18.5 Å². The maximum absolute atomic E-state index is 12.7. The summed E-state index contributed by atoms with van der Waals surface area (Å²) < 4.78 is 28.8. The van der Waals surface area contributed by atoms with E-state index in [9.17, 15) is 18.0 Å². The Kier molecular flexibility index (Phi) is 6.91. The van der Waals surface area contributed by atoms with E-state index >= 15 is 0 Å². The lowest BCUT2D eigenvalue weighted by Crippen LogP contribution is -2.45. The van der Waals surface area contributed by atoms with Gasteiger partial charge < -0.3 is 9.64 Å². The van der Waals surface area contributed by atoms with Crippen molar-refractivity contribution in [3.63, 3.8) is 0 Å². The molecule has 1 amide bonds. The molecule has 0 saturated carbocycles. The highest BCUT2D eigenvalue weighted by Crippen LogP contribution is 2.23. The summed E-state index contributed by atoms with van der Waals surface area (Å²) in [5.74, 6) is -0.645. The van der Waals surface area contributed by atoms with Gasteiger partial charge in [0, 0.05) is 12.6 Å². The number of esters is 1. The van der Waals surface area contributed by atoms with Crippen molar-refractivity contribution in [1.82, 2.24) is 4.90 Å². The van der Waals surface area contributed by atoms with Gasteiger partial charge in [-0.05, 0) is 35.4 Å². The molecule has 0 spiro atoms. The van der Waals surface area contributed by atoms with Crippen LogP contribution in [0.1, 0.15) is 57.0 Å². The molecule has 156 valence electrons. The summed E-state index contributed by atoms with van der Waals surface area (Å²) in [6, 6.07) is 6.82. The second-order valence-corrected chi connectivity index (χ2v) is 11.1. The summed E-state index contributed by atoms with van der Waals surface area (Å²) in [5, 5.41) is 0. The Morgan fingerprint density at radius 1 is 1.18 bits per heavy atom. The van der Waals surface area contributed by atoms with Gasteiger partial charge >= 0.3 is 5.97 Å². The number of benzene rings is 1. The summed E-state index contributed by atoms with van der Waals surface area (Å²) in [5.41, 5.74) is 1.47. The number of amides is 1. The molecule has 1 saturated heterocycles.